The summed E-state index contributed by atoms with van der Waals surface area (Å²) in [6.07, 6.45) is 0. The van der Waals surface area contributed by atoms with Crippen LogP contribution in [-0.4, -0.2) is 44.8 Å². The lowest BCUT2D eigenvalue weighted by atomic mass is 9.97. The normalized spacial score (nSPS) is 15.3. The lowest BCUT2D eigenvalue weighted by Crippen LogP contribution is -2.32. The van der Waals surface area contributed by atoms with E-state index >= 15 is 0 Å². The monoisotopic (exact) mass is 465 g/mol. The molecule has 2 heterocycles. The highest BCUT2D eigenvalue weighted by Gasteiger charge is 2.43. The van der Waals surface area contributed by atoms with Gasteiger partial charge in [-0.2, -0.15) is 0 Å². The maximum atomic E-state index is 13.7. The van der Waals surface area contributed by atoms with Crippen LogP contribution in [0.1, 0.15) is 52.7 Å². The Morgan fingerprint density at radius 1 is 1.06 bits per heavy atom. The predicted octanol–water partition coefficient (Wildman–Crippen LogP) is 4.64. The second kappa shape index (κ2) is 9.50. The van der Waals surface area contributed by atoms with Crippen molar-refractivity contribution in [2.24, 2.45) is 5.92 Å². The van der Waals surface area contributed by atoms with Crippen molar-refractivity contribution in [2.75, 3.05) is 34.0 Å². The summed E-state index contributed by atoms with van der Waals surface area (Å²) in [5, 5.41) is 0.478. The predicted molar refractivity (Wildman–Crippen MR) is 130 cm³/mol. The quantitative estimate of drug-likeness (QED) is 0.482. The molecule has 2 aromatic carbocycles. The molecule has 0 radical (unpaired) electrons. The van der Waals surface area contributed by atoms with Crippen molar-refractivity contribution < 1.29 is 23.4 Å². The molecular weight excluding hydrogens is 434 g/mol. The van der Waals surface area contributed by atoms with Crippen molar-refractivity contribution in [1.82, 2.24) is 4.90 Å². The summed E-state index contributed by atoms with van der Waals surface area (Å²) in [5.41, 5.74) is 3.13. The fourth-order valence-electron chi connectivity index (χ4n) is 4.47. The molecule has 7 heteroatoms. The number of carbonyl (C=O) groups is 1. The number of benzene rings is 2. The molecular formula is C27H31NO6. The van der Waals surface area contributed by atoms with E-state index in [1.807, 2.05) is 44.2 Å². The van der Waals surface area contributed by atoms with E-state index in [0.717, 1.165) is 16.7 Å². The Hall–Kier alpha value is -3.32. The largest absolute Gasteiger partial charge is 0.493 e. The Bertz CT molecular complexity index is 1290. The summed E-state index contributed by atoms with van der Waals surface area (Å²) in [5.74, 6) is 1.28. The number of rotatable bonds is 8. The topological polar surface area (TPSA) is 78.2 Å². The van der Waals surface area contributed by atoms with E-state index in [0.29, 0.717) is 53.7 Å². The highest BCUT2D eigenvalue weighted by molar-refractivity contribution is 5.99. The van der Waals surface area contributed by atoms with Crippen LogP contribution >= 0.6 is 0 Å². The summed E-state index contributed by atoms with van der Waals surface area (Å²) in [6.45, 7) is 9.15. The first-order valence-electron chi connectivity index (χ1n) is 11.4. The van der Waals surface area contributed by atoms with E-state index in [2.05, 4.69) is 13.8 Å². The van der Waals surface area contributed by atoms with E-state index in [1.165, 1.54) is 0 Å². The van der Waals surface area contributed by atoms with Crippen LogP contribution in [0.3, 0.4) is 0 Å². The van der Waals surface area contributed by atoms with Crippen LogP contribution in [-0.2, 0) is 4.74 Å². The van der Waals surface area contributed by atoms with Gasteiger partial charge in [0.25, 0.3) is 5.91 Å². The van der Waals surface area contributed by atoms with Gasteiger partial charge >= 0.3 is 0 Å². The van der Waals surface area contributed by atoms with Gasteiger partial charge in [0.15, 0.2) is 16.9 Å². The second-order valence-corrected chi connectivity index (χ2v) is 9.14. The van der Waals surface area contributed by atoms with Crippen LogP contribution < -0.4 is 14.9 Å². The zero-order valence-electron chi connectivity index (χ0n) is 20.6. The Kier molecular flexibility index (Phi) is 6.66. The lowest BCUT2D eigenvalue weighted by Gasteiger charge is -2.25. The SMILES string of the molecule is COCCN1C(=O)c2oc3c(C)cc(C)cc3c(=O)c2C1c1ccc(OCC(C)C)c(OC)c1. The molecule has 0 spiro atoms. The third-order valence-corrected chi connectivity index (χ3v) is 6.01. The van der Waals surface area contributed by atoms with E-state index in [-0.39, 0.29) is 17.1 Å². The molecule has 1 unspecified atom stereocenters. The van der Waals surface area contributed by atoms with Crippen molar-refractivity contribution in [3.8, 4) is 11.5 Å². The Balaban J connectivity index is 1.90. The number of hydrogen-bond donors (Lipinski definition) is 0. The average Bonchev–Trinajstić information content (AvgIpc) is 3.08. The van der Waals surface area contributed by atoms with Crippen molar-refractivity contribution in [1.29, 1.82) is 0 Å². The first kappa shape index (κ1) is 23.8. The first-order chi connectivity index (χ1) is 16.3. The number of carbonyl (C=O) groups excluding carboxylic acids is 1. The van der Waals surface area contributed by atoms with Gasteiger partial charge in [0.2, 0.25) is 5.76 Å². The van der Waals surface area contributed by atoms with Gasteiger partial charge in [-0.3, -0.25) is 9.59 Å². The molecule has 1 amide bonds. The fourth-order valence-corrected chi connectivity index (χ4v) is 4.47. The molecule has 1 aliphatic heterocycles. The smallest absolute Gasteiger partial charge is 0.290 e. The number of aryl methyl sites for hydroxylation is 2. The highest BCUT2D eigenvalue weighted by atomic mass is 16.5. The van der Waals surface area contributed by atoms with E-state index in [1.54, 1.807) is 19.1 Å². The van der Waals surface area contributed by atoms with Crippen LogP contribution in [0, 0.1) is 19.8 Å². The van der Waals surface area contributed by atoms with Crippen LogP contribution in [0.4, 0.5) is 0 Å². The molecule has 0 N–H and O–H groups in total. The number of amides is 1. The van der Waals surface area contributed by atoms with Crippen LogP contribution in [0.15, 0.2) is 39.5 Å². The molecule has 7 nitrogen and oxygen atoms in total. The van der Waals surface area contributed by atoms with Gasteiger partial charge in [-0.15, -0.1) is 0 Å². The lowest BCUT2D eigenvalue weighted by molar-refractivity contribution is 0.0663. The maximum absolute atomic E-state index is 13.7. The summed E-state index contributed by atoms with van der Waals surface area (Å²) < 4.78 is 22.8. The molecule has 0 saturated carbocycles. The van der Waals surface area contributed by atoms with Gasteiger partial charge in [-0.25, -0.2) is 0 Å². The highest BCUT2D eigenvalue weighted by Crippen LogP contribution is 2.41. The summed E-state index contributed by atoms with van der Waals surface area (Å²) in [4.78, 5) is 28.8. The molecule has 1 atom stereocenters. The molecule has 0 bridgehead atoms. The summed E-state index contributed by atoms with van der Waals surface area (Å²) in [7, 11) is 3.15. The van der Waals surface area contributed by atoms with Crippen LogP contribution in [0.5, 0.6) is 11.5 Å². The van der Waals surface area contributed by atoms with E-state index in [4.69, 9.17) is 18.6 Å². The third kappa shape index (κ3) is 4.16. The Labute approximate surface area is 199 Å². The Morgan fingerprint density at radius 2 is 1.82 bits per heavy atom. The molecule has 0 aliphatic carbocycles. The van der Waals surface area contributed by atoms with Crippen molar-refractivity contribution in [2.45, 2.75) is 33.7 Å². The number of methoxy groups -OCH3 is 2. The molecule has 0 fully saturated rings. The fraction of sp³-hybridized carbons (Fsp3) is 0.407. The summed E-state index contributed by atoms with van der Waals surface area (Å²) in [6, 6.07) is 8.66. The number of nitrogens with zero attached hydrogens (tertiary/aromatic N) is 1. The minimum absolute atomic E-state index is 0.0876. The summed E-state index contributed by atoms with van der Waals surface area (Å²) >= 11 is 0. The molecule has 34 heavy (non-hydrogen) atoms. The average molecular weight is 466 g/mol. The van der Waals surface area contributed by atoms with Crippen molar-refractivity contribution in [3.63, 3.8) is 0 Å². The molecule has 180 valence electrons. The van der Waals surface area contributed by atoms with Gasteiger partial charge in [0.05, 0.1) is 37.3 Å². The van der Waals surface area contributed by atoms with Gasteiger partial charge in [-0.1, -0.05) is 26.0 Å². The van der Waals surface area contributed by atoms with E-state index < -0.39 is 6.04 Å². The maximum Gasteiger partial charge on any atom is 0.290 e. The van der Waals surface area contributed by atoms with Crippen molar-refractivity contribution in [3.05, 3.63) is 68.6 Å². The van der Waals surface area contributed by atoms with Gasteiger partial charge in [0.1, 0.15) is 5.58 Å². The minimum atomic E-state index is -0.618. The number of ether oxygens (including phenoxy) is 3. The first-order valence-corrected chi connectivity index (χ1v) is 11.4. The molecule has 0 saturated heterocycles. The number of hydrogen-bond acceptors (Lipinski definition) is 6. The molecule has 1 aliphatic rings. The van der Waals surface area contributed by atoms with Gasteiger partial charge in [-0.05, 0) is 54.7 Å². The third-order valence-electron chi connectivity index (χ3n) is 6.01. The zero-order valence-corrected chi connectivity index (χ0v) is 20.6. The van der Waals surface area contributed by atoms with Crippen molar-refractivity contribution >= 4 is 16.9 Å². The molecule has 1 aromatic heterocycles. The molecule has 3 aromatic rings. The second-order valence-electron chi connectivity index (χ2n) is 9.14. The minimum Gasteiger partial charge on any atom is -0.493 e. The standard InChI is InChI=1S/C27H31NO6/c1-15(2)14-33-20-8-7-18(13-21(20)32-6)23-22-24(29)19-12-16(3)11-17(4)25(19)34-26(22)27(30)28(23)9-10-31-5/h7-8,11-13,15,23H,9-10,14H2,1-6H3. The van der Waals surface area contributed by atoms with Gasteiger partial charge in [0, 0.05) is 13.7 Å². The molecule has 4 rings (SSSR count). The number of fused-ring (bicyclic) bond motifs is 2. The van der Waals surface area contributed by atoms with Crippen LogP contribution in [0.25, 0.3) is 11.0 Å². The Morgan fingerprint density at radius 3 is 2.50 bits per heavy atom. The van der Waals surface area contributed by atoms with Gasteiger partial charge < -0.3 is 23.5 Å². The zero-order chi connectivity index (χ0) is 24.6. The van der Waals surface area contributed by atoms with Crippen LogP contribution in [0.2, 0.25) is 0 Å². The van der Waals surface area contributed by atoms with E-state index in [9.17, 15) is 9.59 Å².